The molecule has 2 saturated heterocycles. The van der Waals surface area contributed by atoms with Crippen LogP contribution >= 0.6 is 0 Å². The van der Waals surface area contributed by atoms with Crippen LogP contribution in [0.2, 0.25) is 0 Å². The summed E-state index contributed by atoms with van der Waals surface area (Å²) in [6.45, 7) is 3.30. The van der Waals surface area contributed by atoms with Crippen LogP contribution in [0, 0.1) is 6.92 Å². The maximum atomic E-state index is 12.7. The van der Waals surface area contributed by atoms with E-state index < -0.39 is 15.6 Å². The number of hydrogen-bond acceptors (Lipinski definition) is 5. The molecule has 8 heteroatoms. The molecule has 132 valence electrons. The van der Waals surface area contributed by atoms with Gasteiger partial charge in [-0.05, 0) is 31.7 Å². The van der Waals surface area contributed by atoms with E-state index in [1.807, 2.05) is 24.9 Å². The van der Waals surface area contributed by atoms with Crippen molar-refractivity contribution in [3.8, 4) is 0 Å². The molecule has 1 unspecified atom stereocenters. The zero-order valence-corrected chi connectivity index (χ0v) is 15.0. The summed E-state index contributed by atoms with van der Waals surface area (Å²) in [6.07, 6.45) is 0. The minimum Gasteiger partial charge on any atom is -0.369 e. The molecule has 2 aliphatic heterocycles. The van der Waals surface area contributed by atoms with E-state index in [0.717, 1.165) is 5.56 Å². The van der Waals surface area contributed by atoms with E-state index in [1.165, 1.54) is 4.31 Å². The van der Waals surface area contributed by atoms with Gasteiger partial charge < -0.3 is 10.1 Å². The van der Waals surface area contributed by atoms with Gasteiger partial charge in [-0.3, -0.25) is 9.69 Å². The highest BCUT2D eigenvalue weighted by atomic mass is 32.2. The van der Waals surface area contributed by atoms with Crippen molar-refractivity contribution >= 4 is 15.9 Å². The Labute approximate surface area is 142 Å². The molecule has 1 amide bonds. The fourth-order valence-corrected chi connectivity index (χ4v) is 5.01. The zero-order chi connectivity index (χ0) is 17.5. The SMILES string of the molecule is CNC(=O)C1COC2(CN1C)CN(S(=O)(=O)c1cccc(C)c1)C2. The highest BCUT2D eigenvalue weighted by Crippen LogP contribution is 2.34. The Kier molecular flexibility index (Phi) is 4.41. The van der Waals surface area contributed by atoms with E-state index in [0.29, 0.717) is 24.5 Å². The number of morpholine rings is 1. The number of sulfonamides is 1. The molecular weight excluding hydrogens is 330 g/mol. The van der Waals surface area contributed by atoms with Crippen LogP contribution in [-0.4, -0.2) is 75.5 Å². The second-order valence-electron chi connectivity index (χ2n) is 6.63. The second kappa shape index (κ2) is 6.11. The van der Waals surface area contributed by atoms with E-state index in [2.05, 4.69) is 5.32 Å². The molecule has 0 bridgehead atoms. The molecule has 0 saturated carbocycles. The van der Waals surface area contributed by atoms with Gasteiger partial charge in [-0.2, -0.15) is 4.31 Å². The van der Waals surface area contributed by atoms with Gasteiger partial charge in [-0.15, -0.1) is 0 Å². The van der Waals surface area contributed by atoms with E-state index in [9.17, 15) is 13.2 Å². The Balaban J connectivity index is 1.68. The second-order valence-corrected chi connectivity index (χ2v) is 8.57. The lowest BCUT2D eigenvalue weighted by Crippen LogP contribution is -2.72. The fraction of sp³-hybridized carbons (Fsp3) is 0.562. The summed E-state index contributed by atoms with van der Waals surface area (Å²) in [5.41, 5.74) is 0.393. The van der Waals surface area contributed by atoms with Crippen LogP contribution in [0.5, 0.6) is 0 Å². The number of nitrogens with one attached hydrogen (secondary N) is 1. The van der Waals surface area contributed by atoms with Gasteiger partial charge >= 0.3 is 0 Å². The summed E-state index contributed by atoms with van der Waals surface area (Å²) in [6, 6.07) is 6.58. The van der Waals surface area contributed by atoms with Crippen molar-refractivity contribution < 1.29 is 17.9 Å². The zero-order valence-electron chi connectivity index (χ0n) is 14.2. The number of likely N-dealkylation sites (N-methyl/N-ethyl adjacent to an activating group) is 2. The first-order chi connectivity index (χ1) is 11.3. The van der Waals surface area contributed by atoms with Crippen molar-refractivity contribution in [2.24, 2.45) is 0 Å². The molecule has 7 nitrogen and oxygen atoms in total. The van der Waals surface area contributed by atoms with Gasteiger partial charge in [0.05, 0.1) is 11.5 Å². The molecule has 1 N–H and O–H groups in total. The van der Waals surface area contributed by atoms with Crippen LogP contribution in [0.15, 0.2) is 29.2 Å². The van der Waals surface area contributed by atoms with Crippen molar-refractivity contribution in [3.63, 3.8) is 0 Å². The van der Waals surface area contributed by atoms with Crippen LogP contribution in [0.4, 0.5) is 0 Å². The number of carbonyl (C=O) groups is 1. The standard InChI is InChI=1S/C16H23N3O4S/c1-12-5-4-6-13(7-12)24(21,22)19-10-16(11-19)9-18(3)14(8-23-16)15(20)17-2/h4-7,14H,8-11H2,1-3H3,(H,17,20). The van der Waals surface area contributed by atoms with Gasteiger partial charge in [0.1, 0.15) is 11.6 Å². The number of rotatable bonds is 3. The Morgan fingerprint density at radius 2 is 2.04 bits per heavy atom. The number of amides is 1. The third kappa shape index (κ3) is 2.95. The lowest BCUT2D eigenvalue weighted by Gasteiger charge is -2.53. The van der Waals surface area contributed by atoms with Gasteiger partial charge in [0.25, 0.3) is 0 Å². The minimum atomic E-state index is -3.50. The van der Waals surface area contributed by atoms with Crippen molar-refractivity contribution in [2.75, 3.05) is 40.3 Å². The van der Waals surface area contributed by atoms with Crippen molar-refractivity contribution in [2.45, 2.75) is 23.5 Å². The Morgan fingerprint density at radius 3 is 2.62 bits per heavy atom. The number of carbonyl (C=O) groups excluding carboxylic acids is 1. The number of benzene rings is 1. The maximum Gasteiger partial charge on any atom is 0.243 e. The average Bonchev–Trinajstić information content (AvgIpc) is 2.51. The van der Waals surface area contributed by atoms with Crippen molar-refractivity contribution in [1.29, 1.82) is 0 Å². The number of nitrogens with zero attached hydrogens (tertiary/aromatic N) is 2. The van der Waals surface area contributed by atoms with Gasteiger partial charge in [0.15, 0.2) is 0 Å². The van der Waals surface area contributed by atoms with Gasteiger partial charge in [-0.1, -0.05) is 12.1 Å². The van der Waals surface area contributed by atoms with Crippen molar-refractivity contribution in [3.05, 3.63) is 29.8 Å². The molecule has 24 heavy (non-hydrogen) atoms. The topological polar surface area (TPSA) is 79.0 Å². The first-order valence-electron chi connectivity index (χ1n) is 7.90. The lowest BCUT2D eigenvalue weighted by molar-refractivity contribution is -0.180. The predicted octanol–water partition coefficient (Wildman–Crippen LogP) is -0.185. The molecule has 2 fully saturated rings. The molecule has 2 heterocycles. The first-order valence-corrected chi connectivity index (χ1v) is 9.34. The molecular formula is C16H23N3O4S. The van der Waals surface area contributed by atoms with Crippen LogP contribution < -0.4 is 5.32 Å². The largest absolute Gasteiger partial charge is 0.369 e. The van der Waals surface area contributed by atoms with Crippen LogP contribution in [-0.2, 0) is 19.6 Å². The third-order valence-electron chi connectivity index (χ3n) is 4.72. The minimum absolute atomic E-state index is 0.0871. The van der Waals surface area contributed by atoms with Gasteiger partial charge in [0, 0.05) is 26.7 Å². The summed E-state index contributed by atoms with van der Waals surface area (Å²) >= 11 is 0. The van der Waals surface area contributed by atoms with Crippen molar-refractivity contribution in [1.82, 2.24) is 14.5 Å². The number of hydrogen-bond donors (Lipinski definition) is 1. The van der Waals surface area contributed by atoms with E-state index in [-0.39, 0.29) is 18.6 Å². The first kappa shape index (κ1) is 17.3. The Morgan fingerprint density at radius 1 is 1.33 bits per heavy atom. The fourth-order valence-electron chi connectivity index (χ4n) is 3.32. The van der Waals surface area contributed by atoms with Crippen LogP contribution in [0.1, 0.15) is 5.56 Å². The molecule has 3 rings (SSSR count). The molecule has 1 aromatic carbocycles. The predicted molar refractivity (Wildman–Crippen MR) is 89.1 cm³/mol. The molecule has 1 atom stereocenters. The molecule has 1 aromatic rings. The highest BCUT2D eigenvalue weighted by molar-refractivity contribution is 7.89. The monoisotopic (exact) mass is 353 g/mol. The number of ether oxygens (including phenoxy) is 1. The molecule has 0 aliphatic carbocycles. The van der Waals surface area contributed by atoms with Gasteiger partial charge in [-0.25, -0.2) is 8.42 Å². The summed E-state index contributed by atoms with van der Waals surface area (Å²) in [5.74, 6) is -0.0871. The summed E-state index contributed by atoms with van der Waals surface area (Å²) in [7, 11) is -0.0363. The lowest BCUT2D eigenvalue weighted by atomic mass is 9.93. The Bertz CT molecular complexity index is 743. The smallest absolute Gasteiger partial charge is 0.243 e. The highest BCUT2D eigenvalue weighted by Gasteiger charge is 2.53. The molecule has 0 radical (unpaired) electrons. The molecule has 1 spiro atoms. The van der Waals surface area contributed by atoms with Crippen LogP contribution in [0.25, 0.3) is 0 Å². The third-order valence-corrected chi connectivity index (χ3v) is 6.51. The summed E-state index contributed by atoms with van der Waals surface area (Å²) in [4.78, 5) is 14.0. The molecule has 0 aromatic heterocycles. The summed E-state index contributed by atoms with van der Waals surface area (Å²) in [5, 5.41) is 2.62. The Hall–Kier alpha value is -1.48. The van der Waals surface area contributed by atoms with E-state index in [4.69, 9.17) is 4.74 Å². The normalized spacial score (nSPS) is 24.5. The quantitative estimate of drug-likeness (QED) is 0.815. The van der Waals surface area contributed by atoms with Gasteiger partial charge in [0.2, 0.25) is 15.9 Å². The summed E-state index contributed by atoms with van der Waals surface area (Å²) < 4.78 is 32.7. The molecule has 2 aliphatic rings. The van der Waals surface area contributed by atoms with Crippen LogP contribution in [0.3, 0.4) is 0 Å². The van der Waals surface area contributed by atoms with E-state index in [1.54, 1.807) is 25.2 Å². The average molecular weight is 353 g/mol. The maximum absolute atomic E-state index is 12.7. The number of aryl methyl sites for hydroxylation is 1. The van der Waals surface area contributed by atoms with E-state index >= 15 is 0 Å².